The summed E-state index contributed by atoms with van der Waals surface area (Å²) in [4.78, 5) is 6.11. The van der Waals surface area contributed by atoms with Crippen molar-refractivity contribution in [1.29, 1.82) is 0 Å². The molecule has 14 heavy (non-hydrogen) atoms. The number of hydrogen-bond donors (Lipinski definition) is 1. The first-order valence-corrected chi connectivity index (χ1v) is 6.15. The van der Waals surface area contributed by atoms with Crippen molar-refractivity contribution in [2.24, 2.45) is 5.41 Å². The number of hydrogen-bond acceptors (Lipinski definition) is 3. The molecule has 0 aliphatic heterocycles. The average Bonchev–Trinajstić information content (AvgIpc) is 2.45. The molecule has 0 fully saturated rings. The third-order valence-corrected chi connectivity index (χ3v) is 3.84. The molecule has 0 amide bonds. The minimum atomic E-state index is 0.475. The van der Waals surface area contributed by atoms with Crippen molar-refractivity contribution in [3.8, 4) is 0 Å². The lowest BCUT2D eigenvalue weighted by atomic mass is 9.79. The van der Waals surface area contributed by atoms with Crippen LogP contribution in [0.1, 0.15) is 37.8 Å². The van der Waals surface area contributed by atoms with Gasteiger partial charge < -0.3 is 5.32 Å². The Kier molecular flexibility index (Phi) is 2.52. The van der Waals surface area contributed by atoms with Crippen molar-refractivity contribution in [3.05, 3.63) is 10.6 Å². The van der Waals surface area contributed by atoms with E-state index in [-0.39, 0.29) is 0 Å². The van der Waals surface area contributed by atoms with Gasteiger partial charge in [0.25, 0.3) is 0 Å². The Balaban J connectivity index is 2.21. The molecular formula is C11H18N2S. The number of nitrogens with zero attached hydrogens (tertiary/aromatic N) is 1. The molecule has 1 N–H and O–H groups in total. The van der Waals surface area contributed by atoms with Crippen molar-refractivity contribution >= 4 is 16.5 Å². The van der Waals surface area contributed by atoms with Crippen molar-refractivity contribution in [2.75, 3.05) is 11.9 Å². The molecule has 1 aliphatic carbocycles. The molecule has 1 aromatic heterocycles. The third kappa shape index (κ3) is 1.92. The van der Waals surface area contributed by atoms with Crippen LogP contribution in [0, 0.1) is 5.41 Å². The zero-order valence-corrected chi connectivity index (χ0v) is 10.0. The van der Waals surface area contributed by atoms with E-state index in [9.17, 15) is 0 Å². The lowest BCUT2D eigenvalue weighted by Crippen LogP contribution is -2.20. The highest BCUT2D eigenvalue weighted by atomic mass is 32.1. The third-order valence-electron chi connectivity index (χ3n) is 2.78. The maximum Gasteiger partial charge on any atom is 0.183 e. The van der Waals surface area contributed by atoms with Gasteiger partial charge in [0.05, 0.1) is 5.69 Å². The van der Waals surface area contributed by atoms with Crippen LogP contribution in [-0.4, -0.2) is 11.5 Å². The minimum Gasteiger partial charge on any atom is -0.362 e. The minimum absolute atomic E-state index is 0.475. The Morgan fingerprint density at radius 1 is 1.50 bits per heavy atom. The van der Waals surface area contributed by atoms with Crippen LogP contribution in [0.5, 0.6) is 0 Å². The summed E-state index contributed by atoms with van der Waals surface area (Å²) >= 11 is 1.84. The topological polar surface area (TPSA) is 24.9 Å². The largest absolute Gasteiger partial charge is 0.362 e. The summed E-state index contributed by atoms with van der Waals surface area (Å²) < 4.78 is 0. The molecule has 1 heterocycles. The summed E-state index contributed by atoms with van der Waals surface area (Å²) in [5.41, 5.74) is 1.81. The summed E-state index contributed by atoms with van der Waals surface area (Å²) in [6, 6.07) is 0. The normalized spacial score (nSPS) is 19.1. The standard InChI is InChI=1S/C11H18N2S/c1-4-12-10-13-8-5-6-11(2,3)7-9(8)14-10/h4-7H2,1-3H3,(H,12,13). The molecule has 1 aliphatic rings. The van der Waals surface area contributed by atoms with Crippen LogP contribution in [0.3, 0.4) is 0 Å². The molecule has 0 radical (unpaired) electrons. The SMILES string of the molecule is CCNc1nc2c(s1)CC(C)(C)CC2. The summed E-state index contributed by atoms with van der Waals surface area (Å²) in [6.07, 6.45) is 3.63. The van der Waals surface area contributed by atoms with Gasteiger partial charge in [-0.05, 0) is 31.6 Å². The van der Waals surface area contributed by atoms with E-state index < -0.39 is 0 Å². The summed E-state index contributed by atoms with van der Waals surface area (Å²) in [7, 11) is 0. The van der Waals surface area contributed by atoms with Gasteiger partial charge in [0.2, 0.25) is 0 Å². The summed E-state index contributed by atoms with van der Waals surface area (Å²) in [5, 5.41) is 4.41. The molecule has 1 aromatic rings. The van der Waals surface area contributed by atoms with Crippen LogP contribution in [0.25, 0.3) is 0 Å². The van der Waals surface area contributed by atoms with Crippen molar-refractivity contribution in [3.63, 3.8) is 0 Å². The highest BCUT2D eigenvalue weighted by Crippen LogP contribution is 2.38. The summed E-state index contributed by atoms with van der Waals surface area (Å²) in [5.74, 6) is 0. The van der Waals surface area contributed by atoms with Crippen LogP contribution >= 0.6 is 11.3 Å². The number of aryl methyl sites for hydroxylation is 1. The fourth-order valence-corrected chi connectivity index (χ4v) is 3.26. The molecule has 2 rings (SSSR count). The van der Waals surface area contributed by atoms with E-state index in [1.807, 2.05) is 11.3 Å². The van der Waals surface area contributed by atoms with Crippen LogP contribution < -0.4 is 5.32 Å². The fourth-order valence-electron chi connectivity index (χ4n) is 1.92. The van der Waals surface area contributed by atoms with E-state index in [2.05, 4.69) is 31.1 Å². The maximum atomic E-state index is 4.61. The lowest BCUT2D eigenvalue weighted by Gasteiger charge is -2.28. The Labute approximate surface area is 89.8 Å². The molecule has 0 saturated heterocycles. The number of aromatic nitrogens is 1. The van der Waals surface area contributed by atoms with Crippen molar-refractivity contribution in [1.82, 2.24) is 4.98 Å². The zero-order chi connectivity index (χ0) is 10.2. The number of anilines is 1. The van der Waals surface area contributed by atoms with Crippen LogP contribution in [0.2, 0.25) is 0 Å². The molecule has 0 aromatic carbocycles. The molecule has 2 nitrogen and oxygen atoms in total. The Bertz CT molecular complexity index is 328. The molecule has 0 bridgehead atoms. The molecule has 0 saturated carbocycles. The molecule has 0 atom stereocenters. The predicted octanol–water partition coefficient (Wildman–Crippen LogP) is 3.09. The van der Waals surface area contributed by atoms with E-state index in [0.717, 1.165) is 18.1 Å². The van der Waals surface area contributed by atoms with E-state index in [1.54, 1.807) is 0 Å². The fraction of sp³-hybridized carbons (Fsp3) is 0.727. The first-order valence-electron chi connectivity index (χ1n) is 5.33. The number of thiazole rings is 1. The quantitative estimate of drug-likeness (QED) is 0.811. The number of rotatable bonds is 2. The lowest BCUT2D eigenvalue weighted by molar-refractivity contribution is 0.316. The highest BCUT2D eigenvalue weighted by molar-refractivity contribution is 7.15. The van der Waals surface area contributed by atoms with Gasteiger partial charge in [-0.1, -0.05) is 13.8 Å². The Morgan fingerprint density at radius 2 is 2.29 bits per heavy atom. The van der Waals surface area contributed by atoms with E-state index in [0.29, 0.717) is 5.41 Å². The van der Waals surface area contributed by atoms with E-state index in [1.165, 1.54) is 23.4 Å². The number of nitrogens with one attached hydrogen (secondary N) is 1. The van der Waals surface area contributed by atoms with Gasteiger partial charge in [0, 0.05) is 11.4 Å². The van der Waals surface area contributed by atoms with Gasteiger partial charge in [0.15, 0.2) is 5.13 Å². The van der Waals surface area contributed by atoms with E-state index in [4.69, 9.17) is 0 Å². The average molecular weight is 210 g/mol. The van der Waals surface area contributed by atoms with Gasteiger partial charge in [0.1, 0.15) is 0 Å². The first-order chi connectivity index (χ1) is 6.61. The van der Waals surface area contributed by atoms with Crippen molar-refractivity contribution < 1.29 is 0 Å². The second kappa shape index (κ2) is 3.54. The van der Waals surface area contributed by atoms with Gasteiger partial charge in [-0.15, -0.1) is 11.3 Å². The smallest absolute Gasteiger partial charge is 0.183 e. The Hall–Kier alpha value is -0.570. The molecular weight excluding hydrogens is 192 g/mol. The molecule has 0 unspecified atom stereocenters. The van der Waals surface area contributed by atoms with Crippen molar-refractivity contribution in [2.45, 2.75) is 40.0 Å². The van der Waals surface area contributed by atoms with Crippen LogP contribution in [0.15, 0.2) is 0 Å². The molecule has 3 heteroatoms. The van der Waals surface area contributed by atoms with Crippen LogP contribution in [0.4, 0.5) is 5.13 Å². The van der Waals surface area contributed by atoms with Gasteiger partial charge in [-0.25, -0.2) is 4.98 Å². The highest BCUT2D eigenvalue weighted by Gasteiger charge is 2.27. The van der Waals surface area contributed by atoms with Gasteiger partial charge in [-0.2, -0.15) is 0 Å². The van der Waals surface area contributed by atoms with Gasteiger partial charge >= 0.3 is 0 Å². The predicted molar refractivity (Wildman–Crippen MR) is 62.1 cm³/mol. The second-order valence-corrected chi connectivity index (χ2v) is 5.84. The summed E-state index contributed by atoms with van der Waals surface area (Å²) in [6.45, 7) is 7.78. The van der Waals surface area contributed by atoms with Crippen LogP contribution in [-0.2, 0) is 12.8 Å². The van der Waals surface area contributed by atoms with E-state index >= 15 is 0 Å². The zero-order valence-electron chi connectivity index (χ0n) is 9.18. The number of fused-ring (bicyclic) bond motifs is 1. The molecule has 78 valence electrons. The second-order valence-electron chi connectivity index (χ2n) is 4.76. The Morgan fingerprint density at radius 3 is 3.00 bits per heavy atom. The first kappa shape index (κ1) is 9.97. The maximum absolute atomic E-state index is 4.61. The molecule has 0 spiro atoms. The van der Waals surface area contributed by atoms with Gasteiger partial charge in [-0.3, -0.25) is 0 Å². The monoisotopic (exact) mass is 210 g/mol.